The molecule has 22 heavy (non-hydrogen) atoms. The third-order valence-corrected chi connectivity index (χ3v) is 3.83. The summed E-state index contributed by atoms with van der Waals surface area (Å²) in [5.41, 5.74) is 5.72. The maximum Gasteiger partial charge on any atom is 0.273 e. The SMILES string of the molecule is Cc1occc1C(=O)NNC(=S)NCCC[NH+]1CCOCC1. The highest BCUT2D eigenvalue weighted by atomic mass is 32.1. The number of hydrogen-bond acceptors (Lipinski definition) is 4. The van der Waals surface area contributed by atoms with Crippen LogP contribution in [0.5, 0.6) is 0 Å². The number of furan rings is 1. The predicted molar refractivity (Wildman–Crippen MR) is 85.6 cm³/mol. The molecule has 0 saturated carbocycles. The molecule has 0 radical (unpaired) electrons. The fourth-order valence-corrected chi connectivity index (χ4v) is 2.45. The van der Waals surface area contributed by atoms with Gasteiger partial charge in [-0.1, -0.05) is 0 Å². The standard InChI is InChI=1S/C14H22N4O3S/c1-11-12(3-8-21-11)13(19)16-17-14(22)15-4-2-5-18-6-9-20-10-7-18/h3,8H,2,4-7,9-10H2,1H3,(H,16,19)(H2,15,17,22)/p+1. The van der Waals surface area contributed by atoms with Crippen LogP contribution in [0, 0.1) is 6.92 Å². The number of morpholine rings is 1. The molecule has 1 aliphatic heterocycles. The summed E-state index contributed by atoms with van der Waals surface area (Å²) < 4.78 is 10.4. The first-order chi connectivity index (χ1) is 10.7. The fourth-order valence-electron chi connectivity index (χ4n) is 2.30. The molecule has 1 amide bonds. The van der Waals surface area contributed by atoms with Gasteiger partial charge in [0.05, 0.1) is 31.6 Å². The summed E-state index contributed by atoms with van der Waals surface area (Å²) in [6, 6.07) is 1.62. The summed E-state index contributed by atoms with van der Waals surface area (Å²) in [5, 5.41) is 3.48. The van der Waals surface area contributed by atoms with E-state index in [4.69, 9.17) is 21.4 Å². The molecule has 122 valence electrons. The predicted octanol–water partition coefficient (Wildman–Crippen LogP) is -0.998. The molecule has 0 bridgehead atoms. The van der Waals surface area contributed by atoms with E-state index in [1.807, 2.05) is 0 Å². The molecule has 8 heteroatoms. The number of ether oxygens (including phenoxy) is 1. The van der Waals surface area contributed by atoms with Crippen molar-refractivity contribution in [2.75, 3.05) is 39.4 Å². The van der Waals surface area contributed by atoms with Gasteiger partial charge in [-0.2, -0.15) is 0 Å². The van der Waals surface area contributed by atoms with Gasteiger partial charge in [-0.25, -0.2) is 0 Å². The monoisotopic (exact) mass is 327 g/mol. The number of thiocarbonyl (C=S) groups is 1. The molecule has 1 aliphatic rings. The number of carbonyl (C=O) groups excluding carboxylic acids is 1. The number of hydrazine groups is 1. The minimum absolute atomic E-state index is 0.270. The van der Waals surface area contributed by atoms with Crippen LogP contribution in [-0.2, 0) is 4.74 Å². The van der Waals surface area contributed by atoms with Crippen LogP contribution in [0.2, 0.25) is 0 Å². The molecule has 7 nitrogen and oxygen atoms in total. The highest BCUT2D eigenvalue weighted by molar-refractivity contribution is 7.80. The molecule has 0 aliphatic carbocycles. The third-order valence-electron chi connectivity index (χ3n) is 3.59. The average Bonchev–Trinajstić information content (AvgIpc) is 2.96. The summed E-state index contributed by atoms with van der Waals surface area (Å²) in [6.07, 6.45) is 2.50. The van der Waals surface area contributed by atoms with Crippen LogP contribution in [0.3, 0.4) is 0 Å². The Morgan fingerprint density at radius 3 is 2.82 bits per heavy atom. The summed E-state index contributed by atoms with van der Waals surface area (Å²) >= 11 is 5.12. The van der Waals surface area contributed by atoms with Crippen LogP contribution in [-0.4, -0.2) is 50.4 Å². The third kappa shape index (κ3) is 5.28. The van der Waals surface area contributed by atoms with Crippen molar-refractivity contribution in [1.29, 1.82) is 0 Å². The van der Waals surface area contributed by atoms with Gasteiger partial charge in [0, 0.05) is 13.0 Å². The zero-order valence-corrected chi connectivity index (χ0v) is 13.6. The Morgan fingerprint density at radius 2 is 2.14 bits per heavy atom. The second-order valence-corrected chi connectivity index (χ2v) is 5.60. The Labute approximate surface area is 135 Å². The van der Waals surface area contributed by atoms with Gasteiger partial charge in [0.1, 0.15) is 18.8 Å². The van der Waals surface area contributed by atoms with Gasteiger partial charge in [-0.05, 0) is 25.2 Å². The second-order valence-electron chi connectivity index (χ2n) is 5.19. The van der Waals surface area contributed by atoms with Crippen LogP contribution in [0.1, 0.15) is 22.5 Å². The normalized spacial score (nSPS) is 15.3. The summed E-state index contributed by atoms with van der Waals surface area (Å²) in [7, 11) is 0. The molecule has 1 saturated heterocycles. The lowest BCUT2D eigenvalue weighted by Crippen LogP contribution is -3.14. The lowest BCUT2D eigenvalue weighted by atomic mass is 10.2. The molecule has 2 heterocycles. The lowest BCUT2D eigenvalue weighted by molar-refractivity contribution is -0.908. The van der Waals surface area contributed by atoms with E-state index < -0.39 is 0 Å². The van der Waals surface area contributed by atoms with Crippen LogP contribution in [0.25, 0.3) is 0 Å². The van der Waals surface area contributed by atoms with Crippen molar-refractivity contribution < 1.29 is 18.8 Å². The molecule has 2 rings (SSSR count). The quantitative estimate of drug-likeness (QED) is 0.316. The van der Waals surface area contributed by atoms with Gasteiger partial charge >= 0.3 is 0 Å². The highest BCUT2D eigenvalue weighted by Gasteiger charge is 2.13. The second kappa shape index (κ2) is 8.72. The Morgan fingerprint density at radius 1 is 1.36 bits per heavy atom. The highest BCUT2D eigenvalue weighted by Crippen LogP contribution is 2.07. The zero-order chi connectivity index (χ0) is 15.8. The molecule has 4 N–H and O–H groups in total. The number of amides is 1. The van der Waals surface area contributed by atoms with Crippen LogP contribution in [0.4, 0.5) is 0 Å². The molecular weight excluding hydrogens is 304 g/mol. The van der Waals surface area contributed by atoms with Crippen molar-refractivity contribution in [3.05, 3.63) is 23.7 Å². The molecule has 1 fully saturated rings. The van der Waals surface area contributed by atoms with Crippen LogP contribution in [0.15, 0.2) is 16.7 Å². The molecule has 1 aromatic heterocycles. The van der Waals surface area contributed by atoms with Crippen LogP contribution < -0.4 is 21.1 Å². The number of aryl methyl sites for hydroxylation is 1. The van der Waals surface area contributed by atoms with E-state index in [0.29, 0.717) is 16.4 Å². The van der Waals surface area contributed by atoms with Crippen molar-refractivity contribution >= 4 is 23.2 Å². The van der Waals surface area contributed by atoms with E-state index in [2.05, 4.69) is 16.2 Å². The van der Waals surface area contributed by atoms with Crippen molar-refractivity contribution in [2.24, 2.45) is 0 Å². The Kier molecular flexibility index (Phi) is 6.63. The van der Waals surface area contributed by atoms with E-state index in [-0.39, 0.29) is 5.91 Å². The molecule has 0 unspecified atom stereocenters. The Balaban J connectivity index is 1.56. The minimum atomic E-state index is -0.270. The minimum Gasteiger partial charge on any atom is -0.469 e. The topological polar surface area (TPSA) is 80.0 Å². The van der Waals surface area contributed by atoms with Gasteiger partial charge in [-0.3, -0.25) is 15.6 Å². The average molecular weight is 327 g/mol. The maximum atomic E-state index is 11.8. The summed E-state index contributed by atoms with van der Waals surface area (Å²) in [4.78, 5) is 13.4. The van der Waals surface area contributed by atoms with Crippen molar-refractivity contribution in [3.63, 3.8) is 0 Å². The lowest BCUT2D eigenvalue weighted by Gasteiger charge is -2.23. The van der Waals surface area contributed by atoms with Gasteiger partial charge < -0.3 is 19.4 Å². The number of hydrogen-bond donors (Lipinski definition) is 4. The molecule has 0 aromatic carbocycles. The van der Waals surface area contributed by atoms with Gasteiger partial charge in [0.2, 0.25) is 0 Å². The van der Waals surface area contributed by atoms with Crippen LogP contribution >= 0.6 is 12.2 Å². The van der Waals surface area contributed by atoms with Gasteiger partial charge in [-0.15, -0.1) is 0 Å². The summed E-state index contributed by atoms with van der Waals surface area (Å²) in [6.45, 7) is 7.45. The van der Waals surface area contributed by atoms with Gasteiger partial charge in [0.15, 0.2) is 5.11 Å². The number of carbonyl (C=O) groups is 1. The van der Waals surface area contributed by atoms with Crippen molar-refractivity contribution in [3.8, 4) is 0 Å². The number of rotatable bonds is 5. The van der Waals surface area contributed by atoms with E-state index >= 15 is 0 Å². The molecule has 0 atom stereocenters. The van der Waals surface area contributed by atoms with E-state index in [1.165, 1.54) is 6.26 Å². The van der Waals surface area contributed by atoms with E-state index in [1.54, 1.807) is 17.9 Å². The van der Waals surface area contributed by atoms with E-state index in [0.717, 1.165) is 45.8 Å². The van der Waals surface area contributed by atoms with Gasteiger partial charge in [0.25, 0.3) is 5.91 Å². The number of quaternary nitrogens is 1. The fraction of sp³-hybridized carbons (Fsp3) is 0.571. The Hall–Kier alpha value is -1.64. The van der Waals surface area contributed by atoms with Crippen molar-refractivity contribution in [2.45, 2.75) is 13.3 Å². The molecular formula is C14H23N4O3S+. The molecule has 1 aromatic rings. The first kappa shape index (κ1) is 16.7. The van der Waals surface area contributed by atoms with Crippen molar-refractivity contribution in [1.82, 2.24) is 16.2 Å². The maximum absolute atomic E-state index is 11.8. The first-order valence-corrected chi connectivity index (χ1v) is 7.87. The van der Waals surface area contributed by atoms with E-state index in [9.17, 15) is 4.79 Å². The molecule has 0 spiro atoms. The zero-order valence-electron chi connectivity index (χ0n) is 12.7. The first-order valence-electron chi connectivity index (χ1n) is 7.46. The summed E-state index contributed by atoms with van der Waals surface area (Å²) in [5.74, 6) is 0.305. The Bertz CT molecular complexity index is 500. The largest absolute Gasteiger partial charge is 0.469 e. The number of nitrogens with one attached hydrogen (secondary N) is 4. The smallest absolute Gasteiger partial charge is 0.273 e.